The average molecular weight is 298 g/mol. The Bertz CT molecular complexity index is 357. The standard InChI is InChI=1S/C14H20BrNO/c1-12(11-15)10-13-4-6-14(7-5-13)17-9-8-16(2)3/h4-7,10H,8-9,11H2,1-3H3. The van der Waals surface area contributed by atoms with Crippen molar-refractivity contribution in [3.63, 3.8) is 0 Å². The van der Waals surface area contributed by atoms with Gasteiger partial charge in [-0.3, -0.25) is 0 Å². The van der Waals surface area contributed by atoms with E-state index in [1.54, 1.807) is 0 Å². The highest BCUT2D eigenvalue weighted by molar-refractivity contribution is 9.09. The smallest absolute Gasteiger partial charge is 0.119 e. The van der Waals surface area contributed by atoms with Crippen LogP contribution in [0.25, 0.3) is 6.08 Å². The average Bonchev–Trinajstić information content (AvgIpc) is 2.31. The van der Waals surface area contributed by atoms with Crippen molar-refractivity contribution < 1.29 is 4.74 Å². The maximum absolute atomic E-state index is 5.63. The van der Waals surface area contributed by atoms with Crippen molar-refractivity contribution in [1.82, 2.24) is 4.90 Å². The molecule has 1 aromatic carbocycles. The van der Waals surface area contributed by atoms with Crippen molar-refractivity contribution in [2.45, 2.75) is 6.92 Å². The molecule has 0 fully saturated rings. The van der Waals surface area contributed by atoms with Crippen LogP contribution in [-0.4, -0.2) is 37.5 Å². The first-order valence-corrected chi connectivity index (χ1v) is 6.84. The van der Waals surface area contributed by atoms with Crippen molar-refractivity contribution in [1.29, 1.82) is 0 Å². The van der Waals surface area contributed by atoms with E-state index in [1.165, 1.54) is 11.1 Å². The van der Waals surface area contributed by atoms with Crippen LogP contribution in [0, 0.1) is 0 Å². The summed E-state index contributed by atoms with van der Waals surface area (Å²) in [6.07, 6.45) is 2.17. The summed E-state index contributed by atoms with van der Waals surface area (Å²) in [5.74, 6) is 0.931. The normalized spacial score (nSPS) is 11.9. The summed E-state index contributed by atoms with van der Waals surface area (Å²) in [5, 5.41) is 0.911. The molecule has 0 saturated carbocycles. The van der Waals surface area contributed by atoms with Crippen LogP contribution in [0.4, 0.5) is 0 Å². The zero-order chi connectivity index (χ0) is 12.7. The third kappa shape index (κ3) is 5.89. The highest BCUT2D eigenvalue weighted by Crippen LogP contribution is 2.15. The van der Waals surface area contributed by atoms with E-state index in [0.717, 1.165) is 24.2 Å². The molecule has 94 valence electrons. The first kappa shape index (κ1) is 14.3. The molecule has 0 N–H and O–H groups in total. The lowest BCUT2D eigenvalue weighted by molar-refractivity contribution is 0.261. The van der Waals surface area contributed by atoms with E-state index < -0.39 is 0 Å². The van der Waals surface area contributed by atoms with E-state index in [4.69, 9.17) is 4.74 Å². The third-order valence-corrected chi connectivity index (χ3v) is 3.20. The molecule has 17 heavy (non-hydrogen) atoms. The van der Waals surface area contributed by atoms with Gasteiger partial charge in [0.2, 0.25) is 0 Å². The van der Waals surface area contributed by atoms with E-state index in [1.807, 2.05) is 26.2 Å². The Balaban J connectivity index is 2.50. The van der Waals surface area contributed by atoms with Crippen molar-refractivity contribution >= 4 is 22.0 Å². The number of halogens is 1. The molecule has 0 heterocycles. The summed E-state index contributed by atoms with van der Waals surface area (Å²) in [6.45, 7) is 3.77. The second-order valence-electron chi connectivity index (χ2n) is 4.35. The molecule has 0 amide bonds. The van der Waals surface area contributed by atoms with Gasteiger partial charge >= 0.3 is 0 Å². The Hall–Kier alpha value is -0.800. The van der Waals surface area contributed by atoms with Crippen LogP contribution in [0.1, 0.15) is 12.5 Å². The third-order valence-electron chi connectivity index (χ3n) is 2.31. The van der Waals surface area contributed by atoms with Gasteiger partial charge in [0.15, 0.2) is 0 Å². The number of rotatable bonds is 6. The lowest BCUT2D eigenvalue weighted by Crippen LogP contribution is -2.19. The highest BCUT2D eigenvalue weighted by Gasteiger charge is 1.95. The van der Waals surface area contributed by atoms with Gasteiger partial charge in [0.1, 0.15) is 12.4 Å². The lowest BCUT2D eigenvalue weighted by Gasteiger charge is -2.11. The molecule has 0 aliphatic rings. The Morgan fingerprint density at radius 1 is 1.29 bits per heavy atom. The summed E-state index contributed by atoms with van der Waals surface area (Å²) in [6, 6.07) is 8.19. The first-order chi connectivity index (χ1) is 8.11. The minimum atomic E-state index is 0.725. The molecular formula is C14H20BrNO. The van der Waals surface area contributed by atoms with E-state index in [2.05, 4.69) is 46.0 Å². The number of benzene rings is 1. The number of likely N-dealkylation sites (N-methyl/N-ethyl adjacent to an activating group) is 1. The van der Waals surface area contributed by atoms with Gasteiger partial charge in [-0.25, -0.2) is 0 Å². The zero-order valence-electron chi connectivity index (χ0n) is 10.7. The van der Waals surface area contributed by atoms with Gasteiger partial charge in [-0.2, -0.15) is 0 Å². The zero-order valence-corrected chi connectivity index (χ0v) is 12.3. The molecule has 1 aromatic rings. The van der Waals surface area contributed by atoms with Crippen LogP contribution in [0.15, 0.2) is 29.8 Å². The van der Waals surface area contributed by atoms with Crippen molar-refractivity contribution in [2.24, 2.45) is 0 Å². The van der Waals surface area contributed by atoms with E-state index in [0.29, 0.717) is 0 Å². The minimum absolute atomic E-state index is 0.725. The van der Waals surface area contributed by atoms with Gasteiger partial charge in [0.05, 0.1) is 0 Å². The topological polar surface area (TPSA) is 12.5 Å². The summed E-state index contributed by atoms with van der Waals surface area (Å²) in [5.41, 5.74) is 2.52. The van der Waals surface area contributed by atoms with Gasteiger partial charge < -0.3 is 9.64 Å². The molecule has 0 spiro atoms. The Morgan fingerprint density at radius 2 is 1.94 bits per heavy atom. The minimum Gasteiger partial charge on any atom is -0.492 e. The molecule has 0 aromatic heterocycles. The molecule has 3 heteroatoms. The maximum Gasteiger partial charge on any atom is 0.119 e. The van der Waals surface area contributed by atoms with Gasteiger partial charge in [-0.05, 0) is 38.7 Å². The number of hydrogen-bond acceptors (Lipinski definition) is 2. The number of allylic oxidation sites excluding steroid dienone is 1. The van der Waals surface area contributed by atoms with Gasteiger partial charge in [0.25, 0.3) is 0 Å². The molecule has 0 aliphatic carbocycles. The quantitative estimate of drug-likeness (QED) is 0.746. The van der Waals surface area contributed by atoms with Gasteiger partial charge in [0, 0.05) is 11.9 Å². The summed E-state index contributed by atoms with van der Waals surface area (Å²) < 4.78 is 5.63. The van der Waals surface area contributed by atoms with Crippen LogP contribution in [0.3, 0.4) is 0 Å². The molecule has 2 nitrogen and oxygen atoms in total. The van der Waals surface area contributed by atoms with Gasteiger partial charge in [-0.1, -0.05) is 39.7 Å². The molecule has 1 rings (SSSR count). The number of ether oxygens (including phenoxy) is 1. The number of alkyl halides is 1. The first-order valence-electron chi connectivity index (χ1n) is 5.72. The molecule has 0 bridgehead atoms. The van der Waals surface area contributed by atoms with Crippen LogP contribution in [0.2, 0.25) is 0 Å². The van der Waals surface area contributed by atoms with Crippen LogP contribution >= 0.6 is 15.9 Å². The highest BCUT2D eigenvalue weighted by atomic mass is 79.9. The largest absolute Gasteiger partial charge is 0.492 e. The Labute approximate surface area is 112 Å². The fourth-order valence-electron chi connectivity index (χ4n) is 1.33. The fraction of sp³-hybridized carbons (Fsp3) is 0.429. The Kier molecular flexibility index (Phi) is 6.30. The second kappa shape index (κ2) is 7.51. The van der Waals surface area contributed by atoms with Crippen molar-refractivity contribution in [3.05, 3.63) is 35.4 Å². The predicted octanol–water partition coefficient (Wildman–Crippen LogP) is 3.43. The summed E-state index contributed by atoms with van der Waals surface area (Å²) in [4.78, 5) is 2.11. The van der Waals surface area contributed by atoms with Crippen LogP contribution in [0.5, 0.6) is 5.75 Å². The van der Waals surface area contributed by atoms with E-state index in [9.17, 15) is 0 Å². The van der Waals surface area contributed by atoms with Crippen LogP contribution in [-0.2, 0) is 0 Å². The van der Waals surface area contributed by atoms with Crippen LogP contribution < -0.4 is 4.74 Å². The SMILES string of the molecule is CC(=Cc1ccc(OCCN(C)C)cc1)CBr. The molecule has 0 saturated heterocycles. The molecule has 0 unspecified atom stereocenters. The monoisotopic (exact) mass is 297 g/mol. The number of hydrogen-bond donors (Lipinski definition) is 0. The summed E-state index contributed by atoms with van der Waals surface area (Å²) in [7, 11) is 4.08. The molecular weight excluding hydrogens is 278 g/mol. The van der Waals surface area contributed by atoms with Crippen molar-refractivity contribution in [2.75, 3.05) is 32.6 Å². The van der Waals surface area contributed by atoms with E-state index in [-0.39, 0.29) is 0 Å². The van der Waals surface area contributed by atoms with E-state index >= 15 is 0 Å². The second-order valence-corrected chi connectivity index (χ2v) is 4.91. The predicted molar refractivity (Wildman–Crippen MR) is 77.9 cm³/mol. The van der Waals surface area contributed by atoms with Gasteiger partial charge in [-0.15, -0.1) is 0 Å². The Morgan fingerprint density at radius 3 is 2.47 bits per heavy atom. The fourth-order valence-corrected chi connectivity index (χ4v) is 1.49. The molecule has 0 atom stereocenters. The summed E-state index contributed by atoms with van der Waals surface area (Å²) >= 11 is 3.44. The number of nitrogens with zero attached hydrogens (tertiary/aromatic N) is 1. The molecule has 0 aliphatic heterocycles. The maximum atomic E-state index is 5.63. The van der Waals surface area contributed by atoms with Crippen molar-refractivity contribution in [3.8, 4) is 5.75 Å². The molecule has 0 radical (unpaired) electrons. The lowest BCUT2D eigenvalue weighted by atomic mass is 10.1.